The summed E-state index contributed by atoms with van der Waals surface area (Å²) >= 11 is 0. The molecule has 2 amide bonds. The van der Waals surface area contributed by atoms with Crippen LogP contribution in [0.3, 0.4) is 0 Å². The zero-order chi connectivity index (χ0) is 25.9. The van der Waals surface area contributed by atoms with Gasteiger partial charge in [0.1, 0.15) is 23.6 Å². The first-order valence-electron chi connectivity index (χ1n) is 11.9. The van der Waals surface area contributed by atoms with Crippen LogP contribution in [0.2, 0.25) is 0 Å². The number of hydrogen-bond acceptors (Lipinski definition) is 7. The molecule has 0 radical (unpaired) electrons. The molecular weight excluding hydrogens is 474 g/mol. The number of ether oxygens (including phenoxy) is 1. The number of hydrogen-bond donors (Lipinski definition) is 3. The van der Waals surface area contributed by atoms with Crippen LogP contribution in [0.5, 0.6) is 5.75 Å². The number of nitrogens with zero attached hydrogens (tertiary/aromatic N) is 5. The molecule has 0 saturated carbocycles. The number of nitrogen functional groups attached to an aromatic ring is 1. The topological polar surface area (TPSA) is 148 Å². The van der Waals surface area contributed by atoms with Gasteiger partial charge in [0.15, 0.2) is 5.65 Å². The van der Waals surface area contributed by atoms with Gasteiger partial charge in [0.25, 0.3) is 5.91 Å². The summed E-state index contributed by atoms with van der Waals surface area (Å²) in [5.41, 5.74) is 9.77. The van der Waals surface area contributed by atoms with Crippen molar-refractivity contribution in [1.29, 1.82) is 0 Å². The summed E-state index contributed by atoms with van der Waals surface area (Å²) in [4.78, 5) is 33.9. The van der Waals surface area contributed by atoms with Gasteiger partial charge in [-0.2, -0.15) is 5.10 Å². The van der Waals surface area contributed by atoms with Gasteiger partial charge in [0, 0.05) is 25.2 Å². The van der Waals surface area contributed by atoms with Crippen LogP contribution in [-0.2, 0) is 6.54 Å². The molecule has 1 aliphatic heterocycles. The Morgan fingerprint density at radius 1 is 1.11 bits per heavy atom. The number of amides is 2. The maximum absolute atomic E-state index is 12.6. The number of nitrogens with one attached hydrogen (secondary N) is 1. The predicted octanol–water partition coefficient (Wildman–Crippen LogP) is 3.33. The molecule has 0 bridgehead atoms. The minimum atomic E-state index is -0.907. The largest absolute Gasteiger partial charge is 0.496 e. The van der Waals surface area contributed by atoms with Crippen LogP contribution >= 0.6 is 0 Å². The number of anilines is 1. The fraction of sp³-hybridized carbons (Fsp3) is 0.269. The van der Waals surface area contributed by atoms with Gasteiger partial charge in [0.05, 0.1) is 24.1 Å². The van der Waals surface area contributed by atoms with E-state index in [9.17, 15) is 14.7 Å². The fourth-order valence-electron chi connectivity index (χ4n) is 4.64. The highest BCUT2D eigenvalue weighted by Gasteiger charge is 2.27. The van der Waals surface area contributed by atoms with Crippen LogP contribution in [0, 0.1) is 0 Å². The Hall–Kier alpha value is -4.67. The minimum absolute atomic E-state index is 0.00520. The van der Waals surface area contributed by atoms with Crippen molar-refractivity contribution in [1.82, 2.24) is 30.0 Å². The molecule has 4 aromatic rings. The molecule has 11 nitrogen and oxygen atoms in total. The van der Waals surface area contributed by atoms with Crippen LogP contribution < -0.4 is 15.8 Å². The molecule has 11 heteroatoms. The van der Waals surface area contributed by atoms with E-state index in [1.165, 1.54) is 18.3 Å². The first-order chi connectivity index (χ1) is 18.0. The second-order valence-corrected chi connectivity index (χ2v) is 8.83. The summed E-state index contributed by atoms with van der Waals surface area (Å²) in [6.45, 7) is 1.22. The van der Waals surface area contributed by atoms with Gasteiger partial charge in [-0.1, -0.05) is 36.4 Å². The van der Waals surface area contributed by atoms with Gasteiger partial charge in [-0.3, -0.25) is 4.79 Å². The number of likely N-dealkylation sites (tertiary alicyclic amines) is 1. The van der Waals surface area contributed by atoms with Gasteiger partial charge in [-0.15, -0.1) is 0 Å². The van der Waals surface area contributed by atoms with Crippen molar-refractivity contribution in [3.8, 4) is 17.0 Å². The van der Waals surface area contributed by atoms with Crippen molar-refractivity contribution in [3.63, 3.8) is 0 Å². The third kappa shape index (κ3) is 4.75. The van der Waals surface area contributed by atoms with Crippen molar-refractivity contribution in [3.05, 3.63) is 66.0 Å². The van der Waals surface area contributed by atoms with Gasteiger partial charge in [0.2, 0.25) is 0 Å². The highest BCUT2D eigenvalue weighted by atomic mass is 16.5. The highest BCUT2D eigenvalue weighted by Crippen LogP contribution is 2.34. The minimum Gasteiger partial charge on any atom is -0.496 e. The lowest BCUT2D eigenvalue weighted by Crippen LogP contribution is -2.38. The van der Waals surface area contributed by atoms with Crippen molar-refractivity contribution in [2.24, 2.45) is 0 Å². The molecule has 5 rings (SSSR count). The Morgan fingerprint density at radius 2 is 1.84 bits per heavy atom. The van der Waals surface area contributed by atoms with Gasteiger partial charge in [-0.05, 0) is 30.5 Å². The lowest BCUT2D eigenvalue weighted by atomic mass is 10.1. The van der Waals surface area contributed by atoms with Crippen molar-refractivity contribution in [2.75, 3.05) is 25.9 Å². The predicted molar refractivity (Wildman–Crippen MR) is 137 cm³/mol. The smallest absolute Gasteiger partial charge is 0.407 e. The molecule has 4 N–H and O–H groups in total. The standard InChI is InChI=1S/C26H27N7O4/c1-37-20-5-3-2-4-19(20)25(34)28-14-16-6-8-17(9-7-16)22-21-23(27)29-15-30-24(21)33(31-22)18-10-12-32(13-11-18)26(35)36/h2-9,15,18H,10-14H2,1H3,(H,28,34)(H,35,36)(H2,27,29,30). The van der Waals surface area contributed by atoms with Crippen molar-refractivity contribution >= 4 is 28.9 Å². The van der Waals surface area contributed by atoms with Crippen LogP contribution in [0.15, 0.2) is 54.9 Å². The Kier molecular flexibility index (Phi) is 6.59. The molecule has 1 saturated heterocycles. The number of carbonyl (C=O) groups excluding carboxylic acids is 1. The number of aromatic nitrogens is 4. The second kappa shape index (κ2) is 10.1. The van der Waals surface area contributed by atoms with Crippen molar-refractivity contribution < 1.29 is 19.4 Å². The van der Waals surface area contributed by atoms with E-state index in [0.717, 1.165) is 11.1 Å². The van der Waals surface area contributed by atoms with Crippen LogP contribution in [0.1, 0.15) is 34.8 Å². The lowest BCUT2D eigenvalue weighted by Gasteiger charge is -2.30. The molecule has 2 aromatic carbocycles. The Bertz CT molecular complexity index is 1440. The molecule has 0 unspecified atom stereocenters. The van der Waals surface area contributed by atoms with Crippen LogP contribution in [0.4, 0.5) is 10.6 Å². The average Bonchev–Trinajstić information content (AvgIpc) is 3.33. The van der Waals surface area contributed by atoms with Gasteiger partial charge >= 0.3 is 6.09 Å². The lowest BCUT2D eigenvalue weighted by molar-refractivity contribution is 0.0947. The van der Waals surface area contributed by atoms with Crippen molar-refractivity contribution in [2.45, 2.75) is 25.4 Å². The summed E-state index contributed by atoms with van der Waals surface area (Å²) in [5.74, 6) is 0.638. The zero-order valence-electron chi connectivity index (χ0n) is 20.3. The molecule has 0 aliphatic carbocycles. The molecule has 1 aliphatic rings. The number of benzene rings is 2. The summed E-state index contributed by atoms with van der Waals surface area (Å²) in [7, 11) is 1.53. The molecule has 2 aromatic heterocycles. The number of methoxy groups -OCH3 is 1. The number of piperidine rings is 1. The van der Waals surface area contributed by atoms with Crippen LogP contribution in [-0.4, -0.2) is 62.0 Å². The Balaban J connectivity index is 1.36. The average molecular weight is 502 g/mol. The molecular formula is C26H27N7O4. The quantitative estimate of drug-likeness (QED) is 0.364. The van der Waals surface area contributed by atoms with Crippen LogP contribution in [0.25, 0.3) is 22.3 Å². The maximum Gasteiger partial charge on any atom is 0.407 e. The molecule has 190 valence electrons. The maximum atomic E-state index is 12.6. The third-order valence-corrected chi connectivity index (χ3v) is 6.63. The first-order valence-corrected chi connectivity index (χ1v) is 11.9. The van der Waals surface area contributed by atoms with Gasteiger partial charge < -0.3 is 25.8 Å². The van der Waals surface area contributed by atoms with E-state index >= 15 is 0 Å². The summed E-state index contributed by atoms with van der Waals surface area (Å²) in [6.07, 6.45) is 1.78. The number of fused-ring (bicyclic) bond motifs is 1. The Labute approximate surface area is 212 Å². The molecule has 3 heterocycles. The number of carboxylic acid groups (broad SMARTS) is 1. The first kappa shape index (κ1) is 24.0. The van der Waals surface area contributed by atoms with Gasteiger partial charge in [-0.25, -0.2) is 19.4 Å². The number of nitrogens with two attached hydrogens (primary N) is 1. The highest BCUT2D eigenvalue weighted by molar-refractivity contribution is 5.98. The number of rotatable bonds is 6. The molecule has 1 fully saturated rings. The molecule has 0 spiro atoms. The Morgan fingerprint density at radius 3 is 2.54 bits per heavy atom. The summed E-state index contributed by atoms with van der Waals surface area (Å²) in [5, 5.41) is 17.7. The second-order valence-electron chi connectivity index (χ2n) is 8.83. The molecule has 37 heavy (non-hydrogen) atoms. The fourth-order valence-corrected chi connectivity index (χ4v) is 4.64. The monoisotopic (exact) mass is 501 g/mol. The number of carbonyl (C=O) groups is 2. The third-order valence-electron chi connectivity index (χ3n) is 6.63. The SMILES string of the molecule is COc1ccccc1C(=O)NCc1ccc(-c2nn(C3CCN(C(=O)O)CC3)c3ncnc(N)c23)cc1. The van der Waals surface area contributed by atoms with E-state index in [4.69, 9.17) is 15.6 Å². The van der Waals surface area contributed by atoms with E-state index in [1.807, 2.05) is 35.0 Å². The van der Waals surface area contributed by atoms with E-state index in [0.29, 0.717) is 66.3 Å². The number of para-hydroxylation sites is 1. The molecule has 0 atom stereocenters. The van der Waals surface area contributed by atoms with E-state index in [1.54, 1.807) is 18.2 Å². The summed E-state index contributed by atoms with van der Waals surface area (Å²) < 4.78 is 7.12. The summed E-state index contributed by atoms with van der Waals surface area (Å²) in [6, 6.07) is 14.8. The van der Waals surface area contributed by atoms with E-state index < -0.39 is 6.09 Å². The normalized spacial score (nSPS) is 14.0. The van der Waals surface area contributed by atoms with E-state index in [-0.39, 0.29) is 11.9 Å². The van der Waals surface area contributed by atoms with E-state index in [2.05, 4.69) is 15.3 Å². The zero-order valence-corrected chi connectivity index (χ0v) is 20.3.